The van der Waals surface area contributed by atoms with Crippen LogP contribution in [-0.2, 0) is 0 Å². The molecule has 1 unspecified atom stereocenters. The van der Waals surface area contributed by atoms with E-state index >= 15 is 0 Å². The van der Waals surface area contributed by atoms with Gasteiger partial charge in [0.05, 0.1) is 6.04 Å². The molecule has 0 aliphatic rings. The molecule has 0 radical (unpaired) electrons. The second-order valence-corrected chi connectivity index (χ2v) is 4.34. The number of benzene rings is 1. The van der Waals surface area contributed by atoms with Crippen LogP contribution in [-0.4, -0.2) is 19.1 Å². The van der Waals surface area contributed by atoms with Gasteiger partial charge in [0, 0.05) is 25.9 Å². The van der Waals surface area contributed by atoms with E-state index in [-0.39, 0.29) is 5.82 Å². The summed E-state index contributed by atoms with van der Waals surface area (Å²) in [5.41, 5.74) is 7.33. The average Bonchev–Trinajstić information content (AvgIpc) is 2.38. The lowest BCUT2D eigenvalue weighted by Crippen LogP contribution is -2.15. The topological polar surface area (TPSA) is 42.1 Å². The summed E-state index contributed by atoms with van der Waals surface area (Å²) in [6.45, 7) is 0. The van der Waals surface area contributed by atoms with E-state index in [1.165, 1.54) is 6.07 Å². The molecule has 1 atom stereocenters. The number of hydrogen-bond donors (Lipinski definition) is 1. The van der Waals surface area contributed by atoms with E-state index in [0.717, 1.165) is 11.4 Å². The molecular formula is C14H16FN3. The highest BCUT2D eigenvalue weighted by molar-refractivity contribution is 5.40. The number of nitrogens with zero attached hydrogens (tertiary/aromatic N) is 2. The van der Waals surface area contributed by atoms with Crippen LogP contribution in [0.25, 0.3) is 0 Å². The molecule has 2 aromatic rings. The third-order valence-corrected chi connectivity index (χ3v) is 2.83. The van der Waals surface area contributed by atoms with Crippen LogP contribution < -0.4 is 10.6 Å². The van der Waals surface area contributed by atoms with Gasteiger partial charge < -0.3 is 10.6 Å². The van der Waals surface area contributed by atoms with Crippen LogP contribution in [0.5, 0.6) is 0 Å². The summed E-state index contributed by atoms with van der Waals surface area (Å²) in [7, 11) is 3.83. The van der Waals surface area contributed by atoms with Crippen molar-refractivity contribution < 1.29 is 4.39 Å². The van der Waals surface area contributed by atoms with Crippen molar-refractivity contribution in [3.05, 3.63) is 59.5 Å². The zero-order valence-electron chi connectivity index (χ0n) is 10.5. The molecule has 18 heavy (non-hydrogen) atoms. The maximum atomic E-state index is 13.6. The molecule has 0 aliphatic heterocycles. The number of nitrogens with two attached hydrogens (primary N) is 1. The summed E-state index contributed by atoms with van der Waals surface area (Å²) >= 11 is 0. The zero-order chi connectivity index (χ0) is 13.1. The van der Waals surface area contributed by atoms with E-state index in [4.69, 9.17) is 5.73 Å². The normalized spacial score (nSPS) is 12.2. The smallest absolute Gasteiger partial charge is 0.128 e. The first-order chi connectivity index (χ1) is 8.59. The zero-order valence-corrected chi connectivity index (χ0v) is 10.5. The van der Waals surface area contributed by atoms with Gasteiger partial charge in [0.2, 0.25) is 0 Å². The molecule has 4 heteroatoms. The Morgan fingerprint density at radius 1 is 1.17 bits per heavy atom. The lowest BCUT2D eigenvalue weighted by molar-refractivity contribution is 0.599. The van der Waals surface area contributed by atoms with Crippen molar-refractivity contribution in [1.29, 1.82) is 0 Å². The number of pyridine rings is 1. The van der Waals surface area contributed by atoms with E-state index < -0.39 is 6.04 Å². The van der Waals surface area contributed by atoms with E-state index in [1.54, 1.807) is 24.4 Å². The minimum Gasteiger partial charge on any atom is -0.363 e. The fourth-order valence-corrected chi connectivity index (χ4v) is 1.75. The number of halogens is 1. The standard InChI is InChI=1S/C14H16FN3/c1-18(2)13-8-7-10(9-17-13)14(16)11-5-3-4-6-12(11)15/h3-9,14H,16H2,1-2H3. The van der Waals surface area contributed by atoms with Gasteiger partial charge in [-0.15, -0.1) is 0 Å². The largest absolute Gasteiger partial charge is 0.363 e. The quantitative estimate of drug-likeness (QED) is 0.902. The number of anilines is 1. The van der Waals surface area contributed by atoms with Gasteiger partial charge in [-0.2, -0.15) is 0 Å². The van der Waals surface area contributed by atoms with Crippen molar-refractivity contribution in [2.24, 2.45) is 5.73 Å². The van der Waals surface area contributed by atoms with Crippen LogP contribution in [0.2, 0.25) is 0 Å². The van der Waals surface area contributed by atoms with Crippen molar-refractivity contribution in [1.82, 2.24) is 4.98 Å². The van der Waals surface area contributed by atoms with Gasteiger partial charge in [-0.3, -0.25) is 0 Å². The molecule has 2 N–H and O–H groups in total. The molecule has 0 amide bonds. The summed E-state index contributed by atoms with van der Waals surface area (Å²) in [6, 6.07) is 9.79. The number of aromatic nitrogens is 1. The molecule has 0 spiro atoms. The first kappa shape index (κ1) is 12.5. The minimum atomic E-state index is -0.491. The highest BCUT2D eigenvalue weighted by Gasteiger charge is 2.13. The lowest BCUT2D eigenvalue weighted by atomic mass is 10.0. The Hall–Kier alpha value is -1.94. The Morgan fingerprint density at radius 3 is 2.44 bits per heavy atom. The van der Waals surface area contributed by atoms with Crippen LogP contribution in [0.3, 0.4) is 0 Å². The van der Waals surface area contributed by atoms with E-state index in [0.29, 0.717) is 5.56 Å². The summed E-state index contributed by atoms with van der Waals surface area (Å²) in [5.74, 6) is 0.557. The van der Waals surface area contributed by atoms with Crippen molar-refractivity contribution in [2.45, 2.75) is 6.04 Å². The second-order valence-electron chi connectivity index (χ2n) is 4.34. The van der Waals surface area contributed by atoms with Crippen molar-refractivity contribution in [2.75, 3.05) is 19.0 Å². The average molecular weight is 245 g/mol. The first-order valence-electron chi connectivity index (χ1n) is 5.73. The van der Waals surface area contributed by atoms with Gasteiger partial charge in [-0.05, 0) is 17.7 Å². The summed E-state index contributed by atoms with van der Waals surface area (Å²) in [6.07, 6.45) is 1.69. The summed E-state index contributed by atoms with van der Waals surface area (Å²) < 4.78 is 13.6. The van der Waals surface area contributed by atoms with Crippen LogP contribution >= 0.6 is 0 Å². The molecule has 0 saturated heterocycles. The van der Waals surface area contributed by atoms with Crippen LogP contribution in [0.1, 0.15) is 17.2 Å². The monoisotopic (exact) mass is 245 g/mol. The number of rotatable bonds is 3. The lowest BCUT2D eigenvalue weighted by Gasteiger charge is -2.15. The van der Waals surface area contributed by atoms with Gasteiger partial charge >= 0.3 is 0 Å². The molecule has 0 fully saturated rings. The Kier molecular flexibility index (Phi) is 3.58. The molecule has 0 aliphatic carbocycles. The second kappa shape index (κ2) is 5.14. The van der Waals surface area contributed by atoms with Gasteiger partial charge in [-0.25, -0.2) is 9.37 Å². The third-order valence-electron chi connectivity index (χ3n) is 2.83. The predicted molar refractivity (Wildman–Crippen MR) is 71.0 cm³/mol. The first-order valence-corrected chi connectivity index (χ1v) is 5.73. The third kappa shape index (κ3) is 2.49. The Labute approximate surface area is 106 Å². The van der Waals surface area contributed by atoms with Gasteiger partial charge in [0.25, 0.3) is 0 Å². The van der Waals surface area contributed by atoms with Crippen molar-refractivity contribution in [3.63, 3.8) is 0 Å². The fraction of sp³-hybridized carbons (Fsp3) is 0.214. The molecule has 3 nitrogen and oxygen atoms in total. The highest BCUT2D eigenvalue weighted by Crippen LogP contribution is 2.22. The summed E-state index contributed by atoms with van der Waals surface area (Å²) in [5, 5.41) is 0. The Balaban J connectivity index is 2.29. The highest BCUT2D eigenvalue weighted by atomic mass is 19.1. The molecule has 1 heterocycles. The molecule has 94 valence electrons. The van der Waals surface area contributed by atoms with Crippen LogP contribution in [0.15, 0.2) is 42.6 Å². The summed E-state index contributed by atoms with van der Waals surface area (Å²) in [4.78, 5) is 6.18. The Bertz CT molecular complexity index is 523. The fourth-order valence-electron chi connectivity index (χ4n) is 1.75. The molecule has 0 bridgehead atoms. The SMILES string of the molecule is CN(C)c1ccc(C(N)c2ccccc2F)cn1. The van der Waals surface area contributed by atoms with E-state index in [2.05, 4.69) is 4.98 Å². The van der Waals surface area contributed by atoms with Gasteiger partial charge in [-0.1, -0.05) is 24.3 Å². The molecule has 2 rings (SSSR count). The maximum Gasteiger partial charge on any atom is 0.128 e. The van der Waals surface area contributed by atoms with Gasteiger partial charge in [0.15, 0.2) is 0 Å². The number of hydrogen-bond acceptors (Lipinski definition) is 3. The minimum absolute atomic E-state index is 0.290. The van der Waals surface area contributed by atoms with E-state index in [9.17, 15) is 4.39 Å². The van der Waals surface area contributed by atoms with Crippen molar-refractivity contribution >= 4 is 5.82 Å². The molecule has 0 saturated carbocycles. The van der Waals surface area contributed by atoms with Crippen LogP contribution in [0, 0.1) is 5.82 Å². The van der Waals surface area contributed by atoms with Gasteiger partial charge in [0.1, 0.15) is 11.6 Å². The van der Waals surface area contributed by atoms with E-state index in [1.807, 2.05) is 31.1 Å². The maximum absolute atomic E-state index is 13.6. The molecule has 1 aromatic heterocycles. The van der Waals surface area contributed by atoms with Crippen molar-refractivity contribution in [3.8, 4) is 0 Å². The predicted octanol–water partition coefficient (Wildman–Crippen LogP) is 2.33. The van der Waals surface area contributed by atoms with Crippen LogP contribution in [0.4, 0.5) is 10.2 Å². The Morgan fingerprint density at radius 2 is 1.89 bits per heavy atom. The molecular weight excluding hydrogens is 229 g/mol. The molecule has 1 aromatic carbocycles.